The third-order valence-electron chi connectivity index (χ3n) is 1.15. The molecule has 0 aliphatic carbocycles. The van der Waals surface area contributed by atoms with E-state index >= 15 is 0 Å². The fraction of sp³-hybridized carbons (Fsp3) is 0.400. The Hall–Kier alpha value is -1.62. The Bertz CT molecular complexity index is 225. The van der Waals surface area contributed by atoms with Crippen LogP contribution in [0.15, 0.2) is 25.3 Å². The lowest BCUT2D eigenvalue weighted by atomic mass is 10.6. The van der Waals surface area contributed by atoms with Crippen molar-refractivity contribution >= 4 is 11.9 Å². The van der Waals surface area contributed by atoms with Crippen LogP contribution in [0.5, 0.6) is 0 Å². The molecule has 1 amide bonds. The molecule has 0 aromatic carbocycles. The summed E-state index contributed by atoms with van der Waals surface area (Å²) < 4.78 is 4.70. The number of nitrogens with zero attached hydrogens (tertiary/aromatic N) is 1. The van der Waals surface area contributed by atoms with Gasteiger partial charge in [-0.15, -0.1) is 0 Å². The number of esters is 1. The van der Waals surface area contributed by atoms with E-state index in [1.54, 1.807) is 0 Å². The molecule has 0 aromatic rings. The van der Waals surface area contributed by atoms with E-state index in [2.05, 4.69) is 18.9 Å². The standard InChI is InChI=1S/C7H13NO2.C3H5NO/c1-4-7(9)10-6-5-8(2)3;1-2-3(4)5/h4H,1,5-6H2,2-3H3;2H,1H2,(H2,4,5). The minimum absolute atomic E-state index is 0.359. The topological polar surface area (TPSA) is 72.6 Å². The third-order valence-corrected chi connectivity index (χ3v) is 1.15. The SMILES string of the molecule is C=CC(=O)OCCN(C)C.C=CC(N)=O. The lowest BCUT2D eigenvalue weighted by molar-refractivity contribution is -0.138. The predicted molar refractivity (Wildman–Crippen MR) is 59.1 cm³/mol. The van der Waals surface area contributed by atoms with E-state index in [1.165, 1.54) is 0 Å². The van der Waals surface area contributed by atoms with Gasteiger partial charge in [-0.1, -0.05) is 13.2 Å². The molecule has 0 saturated carbocycles. The van der Waals surface area contributed by atoms with Gasteiger partial charge in [-0.3, -0.25) is 4.79 Å². The zero-order valence-electron chi connectivity index (χ0n) is 9.23. The van der Waals surface area contributed by atoms with Gasteiger partial charge in [0.1, 0.15) is 6.61 Å². The number of ether oxygens (including phenoxy) is 1. The van der Waals surface area contributed by atoms with E-state index in [4.69, 9.17) is 4.74 Å². The molecular formula is C10H18N2O3. The number of rotatable bonds is 5. The van der Waals surface area contributed by atoms with Crippen LogP contribution in [0.3, 0.4) is 0 Å². The monoisotopic (exact) mass is 214 g/mol. The Morgan fingerprint density at radius 1 is 1.33 bits per heavy atom. The second-order valence-corrected chi connectivity index (χ2v) is 2.78. The van der Waals surface area contributed by atoms with Crippen LogP contribution in [0.25, 0.3) is 0 Å². The average molecular weight is 214 g/mol. The molecule has 0 aromatic heterocycles. The maximum absolute atomic E-state index is 10.4. The first kappa shape index (κ1) is 15.8. The molecule has 2 N–H and O–H groups in total. The minimum atomic E-state index is -0.481. The van der Waals surface area contributed by atoms with Crippen LogP contribution >= 0.6 is 0 Å². The summed E-state index contributed by atoms with van der Waals surface area (Å²) in [7, 11) is 3.84. The third kappa shape index (κ3) is 19.0. The molecule has 5 nitrogen and oxygen atoms in total. The van der Waals surface area contributed by atoms with E-state index in [0.29, 0.717) is 6.61 Å². The molecule has 0 aliphatic heterocycles. The van der Waals surface area contributed by atoms with E-state index in [-0.39, 0.29) is 5.97 Å². The van der Waals surface area contributed by atoms with Crippen molar-refractivity contribution in [2.24, 2.45) is 5.73 Å². The number of amides is 1. The molecule has 0 unspecified atom stereocenters. The first-order valence-electron chi connectivity index (χ1n) is 4.29. The maximum atomic E-state index is 10.4. The van der Waals surface area contributed by atoms with Gasteiger partial charge in [0.15, 0.2) is 0 Å². The number of hydrogen-bond acceptors (Lipinski definition) is 4. The normalized spacial score (nSPS) is 8.47. The lowest BCUT2D eigenvalue weighted by Crippen LogP contribution is -2.19. The van der Waals surface area contributed by atoms with Gasteiger partial charge >= 0.3 is 5.97 Å². The van der Waals surface area contributed by atoms with Crippen molar-refractivity contribution in [1.82, 2.24) is 4.90 Å². The summed E-state index contributed by atoms with van der Waals surface area (Å²) in [5, 5.41) is 0. The Kier molecular flexibility index (Phi) is 11.0. The first-order valence-corrected chi connectivity index (χ1v) is 4.29. The summed E-state index contributed by atoms with van der Waals surface area (Å²) in [5.74, 6) is -0.841. The van der Waals surface area contributed by atoms with Gasteiger partial charge in [0.05, 0.1) is 0 Å². The van der Waals surface area contributed by atoms with E-state index < -0.39 is 5.91 Å². The van der Waals surface area contributed by atoms with Gasteiger partial charge in [0, 0.05) is 12.6 Å². The van der Waals surface area contributed by atoms with Crippen molar-refractivity contribution < 1.29 is 14.3 Å². The first-order chi connectivity index (χ1) is 6.93. The molecule has 0 atom stereocenters. The van der Waals surface area contributed by atoms with E-state index in [1.807, 2.05) is 19.0 Å². The number of hydrogen-bond donors (Lipinski definition) is 1. The molecule has 0 rings (SSSR count). The zero-order chi connectivity index (χ0) is 12.3. The summed E-state index contributed by atoms with van der Waals surface area (Å²) in [4.78, 5) is 21.8. The summed E-state index contributed by atoms with van der Waals surface area (Å²) >= 11 is 0. The summed E-state index contributed by atoms with van der Waals surface area (Å²) in [6, 6.07) is 0. The number of likely N-dealkylation sites (N-methyl/N-ethyl adjacent to an activating group) is 1. The van der Waals surface area contributed by atoms with Gasteiger partial charge in [0.2, 0.25) is 5.91 Å². The Morgan fingerprint density at radius 2 is 1.80 bits per heavy atom. The van der Waals surface area contributed by atoms with Crippen LogP contribution in [-0.2, 0) is 14.3 Å². The van der Waals surface area contributed by atoms with Crippen LogP contribution in [0.2, 0.25) is 0 Å². The Labute approximate surface area is 90.2 Å². The Balaban J connectivity index is 0. The lowest BCUT2D eigenvalue weighted by Gasteiger charge is -2.07. The van der Waals surface area contributed by atoms with Crippen molar-refractivity contribution in [3.63, 3.8) is 0 Å². The minimum Gasteiger partial charge on any atom is -0.461 e. The van der Waals surface area contributed by atoms with Crippen molar-refractivity contribution in [2.75, 3.05) is 27.2 Å². The van der Waals surface area contributed by atoms with Gasteiger partial charge in [-0.2, -0.15) is 0 Å². The smallest absolute Gasteiger partial charge is 0.330 e. The second kappa shape index (κ2) is 10.5. The van der Waals surface area contributed by atoms with Crippen molar-refractivity contribution in [3.8, 4) is 0 Å². The highest BCUT2D eigenvalue weighted by Crippen LogP contribution is 1.80. The summed E-state index contributed by atoms with van der Waals surface area (Å²) in [6.45, 7) is 7.53. The maximum Gasteiger partial charge on any atom is 0.330 e. The molecule has 5 heteroatoms. The fourth-order valence-electron chi connectivity index (χ4n) is 0.388. The molecule has 0 bridgehead atoms. The molecule has 86 valence electrons. The molecule has 0 spiro atoms. The molecule has 0 saturated heterocycles. The molecule has 15 heavy (non-hydrogen) atoms. The zero-order valence-corrected chi connectivity index (χ0v) is 9.23. The molecule has 0 heterocycles. The molecule has 0 radical (unpaired) electrons. The van der Waals surface area contributed by atoms with Crippen LogP contribution < -0.4 is 5.73 Å². The number of carbonyl (C=O) groups is 2. The van der Waals surface area contributed by atoms with Crippen LogP contribution in [0, 0.1) is 0 Å². The van der Waals surface area contributed by atoms with Gasteiger partial charge in [-0.25, -0.2) is 4.79 Å². The number of carbonyl (C=O) groups excluding carboxylic acids is 2. The van der Waals surface area contributed by atoms with Crippen LogP contribution in [0.4, 0.5) is 0 Å². The van der Waals surface area contributed by atoms with Crippen LogP contribution in [0.1, 0.15) is 0 Å². The van der Waals surface area contributed by atoms with Crippen molar-refractivity contribution in [2.45, 2.75) is 0 Å². The molecule has 0 fully saturated rings. The van der Waals surface area contributed by atoms with Gasteiger partial charge in [-0.05, 0) is 20.2 Å². The highest BCUT2D eigenvalue weighted by Gasteiger charge is 1.94. The number of nitrogens with two attached hydrogens (primary N) is 1. The summed E-state index contributed by atoms with van der Waals surface area (Å²) in [5.41, 5.74) is 4.53. The van der Waals surface area contributed by atoms with E-state index in [0.717, 1.165) is 18.7 Å². The van der Waals surface area contributed by atoms with Crippen LogP contribution in [-0.4, -0.2) is 44.0 Å². The van der Waals surface area contributed by atoms with E-state index in [9.17, 15) is 9.59 Å². The highest BCUT2D eigenvalue weighted by atomic mass is 16.5. The average Bonchev–Trinajstić information content (AvgIpc) is 2.17. The van der Waals surface area contributed by atoms with Gasteiger partial charge < -0.3 is 15.4 Å². The van der Waals surface area contributed by atoms with Crippen molar-refractivity contribution in [1.29, 1.82) is 0 Å². The quantitative estimate of drug-likeness (QED) is 0.514. The molecule has 0 aliphatic rings. The Morgan fingerprint density at radius 3 is 2.07 bits per heavy atom. The second-order valence-electron chi connectivity index (χ2n) is 2.78. The van der Waals surface area contributed by atoms with Gasteiger partial charge in [0.25, 0.3) is 0 Å². The fourth-order valence-corrected chi connectivity index (χ4v) is 0.388. The predicted octanol–water partition coefficient (Wildman–Crippen LogP) is -0.0651. The largest absolute Gasteiger partial charge is 0.461 e. The highest BCUT2D eigenvalue weighted by molar-refractivity contribution is 5.85. The summed E-state index contributed by atoms with van der Waals surface area (Å²) in [6.07, 6.45) is 2.22. The number of primary amides is 1. The molecular weight excluding hydrogens is 196 g/mol. The van der Waals surface area contributed by atoms with Crippen molar-refractivity contribution in [3.05, 3.63) is 25.3 Å².